The quantitative estimate of drug-likeness (QED) is 0.883. The molecule has 1 unspecified atom stereocenters. The van der Waals surface area contributed by atoms with Gasteiger partial charge in [0.1, 0.15) is 10.8 Å². The Morgan fingerprint density at radius 2 is 2.12 bits per heavy atom. The van der Waals surface area contributed by atoms with Crippen molar-refractivity contribution in [1.29, 1.82) is 0 Å². The Morgan fingerprint density at radius 3 is 2.82 bits per heavy atom. The van der Waals surface area contributed by atoms with E-state index in [9.17, 15) is 4.39 Å². The number of halogens is 1. The Labute approximate surface area is 104 Å². The first kappa shape index (κ1) is 10.9. The summed E-state index contributed by atoms with van der Waals surface area (Å²) in [5, 5.41) is 6.44. The minimum Gasteiger partial charge on any atom is -0.316 e. The first-order chi connectivity index (χ1) is 8.33. The Balaban J connectivity index is 1.86. The SMILES string of the molecule is Fc1ccc(-c2nc(C3CCNC3)cs2)cc1. The third kappa shape index (κ3) is 2.23. The van der Waals surface area contributed by atoms with Crippen LogP contribution in [0, 0.1) is 5.82 Å². The zero-order chi connectivity index (χ0) is 11.7. The van der Waals surface area contributed by atoms with Gasteiger partial charge in [-0.3, -0.25) is 0 Å². The highest BCUT2D eigenvalue weighted by Crippen LogP contribution is 2.29. The predicted molar refractivity (Wildman–Crippen MR) is 67.7 cm³/mol. The Hall–Kier alpha value is -1.26. The van der Waals surface area contributed by atoms with Gasteiger partial charge in [-0.25, -0.2) is 9.37 Å². The summed E-state index contributed by atoms with van der Waals surface area (Å²) in [6.07, 6.45) is 1.16. The van der Waals surface area contributed by atoms with Crippen LogP contribution in [0.2, 0.25) is 0 Å². The van der Waals surface area contributed by atoms with Gasteiger partial charge in [-0.15, -0.1) is 11.3 Å². The molecule has 0 saturated carbocycles. The number of thiazole rings is 1. The molecule has 1 aromatic heterocycles. The molecule has 1 aliphatic heterocycles. The second-order valence-electron chi connectivity index (χ2n) is 4.27. The van der Waals surface area contributed by atoms with Gasteiger partial charge >= 0.3 is 0 Å². The molecule has 0 radical (unpaired) electrons. The number of hydrogen-bond acceptors (Lipinski definition) is 3. The van der Waals surface area contributed by atoms with Gasteiger partial charge in [0.25, 0.3) is 0 Å². The van der Waals surface area contributed by atoms with Gasteiger partial charge in [0.05, 0.1) is 5.69 Å². The molecule has 0 amide bonds. The first-order valence-electron chi connectivity index (χ1n) is 5.75. The van der Waals surface area contributed by atoms with Crippen LogP contribution >= 0.6 is 11.3 Å². The van der Waals surface area contributed by atoms with Crippen LogP contribution in [0.5, 0.6) is 0 Å². The lowest BCUT2D eigenvalue weighted by molar-refractivity contribution is 0.628. The van der Waals surface area contributed by atoms with Gasteiger partial charge in [0.15, 0.2) is 0 Å². The maximum atomic E-state index is 12.8. The zero-order valence-electron chi connectivity index (χ0n) is 9.32. The van der Waals surface area contributed by atoms with Gasteiger partial charge < -0.3 is 5.32 Å². The molecule has 4 heteroatoms. The van der Waals surface area contributed by atoms with Crippen LogP contribution < -0.4 is 5.32 Å². The van der Waals surface area contributed by atoms with Crippen molar-refractivity contribution in [3.63, 3.8) is 0 Å². The largest absolute Gasteiger partial charge is 0.316 e. The maximum absolute atomic E-state index is 12.8. The van der Waals surface area contributed by atoms with Crippen LogP contribution in [0.3, 0.4) is 0 Å². The minimum atomic E-state index is -0.203. The van der Waals surface area contributed by atoms with Crippen molar-refractivity contribution in [3.8, 4) is 10.6 Å². The lowest BCUT2D eigenvalue weighted by Gasteiger charge is -2.02. The molecular weight excluding hydrogens is 235 g/mol. The van der Waals surface area contributed by atoms with Crippen molar-refractivity contribution in [3.05, 3.63) is 41.2 Å². The summed E-state index contributed by atoms with van der Waals surface area (Å²) in [4.78, 5) is 4.65. The van der Waals surface area contributed by atoms with E-state index in [2.05, 4.69) is 15.7 Å². The lowest BCUT2D eigenvalue weighted by atomic mass is 10.1. The van der Waals surface area contributed by atoms with E-state index < -0.39 is 0 Å². The lowest BCUT2D eigenvalue weighted by Crippen LogP contribution is -2.08. The van der Waals surface area contributed by atoms with Crippen LogP contribution in [0.4, 0.5) is 4.39 Å². The molecule has 17 heavy (non-hydrogen) atoms. The van der Waals surface area contributed by atoms with E-state index in [-0.39, 0.29) is 5.82 Å². The number of nitrogens with zero attached hydrogens (tertiary/aromatic N) is 1. The van der Waals surface area contributed by atoms with Crippen LogP contribution in [0.25, 0.3) is 10.6 Å². The smallest absolute Gasteiger partial charge is 0.123 e. The summed E-state index contributed by atoms with van der Waals surface area (Å²) in [5.74, 6) is 0.339. The summed E-state index contributed by atoms with van der Waals surface area (Å²) in [6.45, 7) is 2.10. The third-order valence-corrected chi connectivity index (χ3v) is 4.00. The number of aromatic nitrogens is 1. The molecule has 2 heterocycles. The van der Waals surface area contributed by atoms with Crippen LogP contribution in [-0.2, 0) is 0 Å². The van der Waals surface area contributed by atoms with Crippen LogP contribution in [0.15, 0.2) is 29.6 Å². The fraction of sp³-hybridized carbons (Fsp3) is 0.308. The molecule has 3 rings (SSSR count). The molecule has 0 aliphatic carbocycles. The minimum absolute atomic E-state index is 0.203. The predicted octanol–water partition coefficient (Wildman–Crippen LogP) is 3.03. The number of nitrogens with one attached hydrogen (secondary N) is 1. The van der Waals surface area contributed by atoms with E-state index in [4.69, 9.17) is 0 Å². The maximum Gasteiger partial charge on any atom is 0.123 e. The van der Waals surface area contributed by atoms with Crippen molar-refractivity contribution in [1.82, 2.24) is 10.3 Å². The second-order valence-corrected chi connectivity index (χ2v) is 5.13. The standard InChI is InChI=1S/C13H13FN2S/c14-11-3-1-9(2-4-11)13-16-12(8-17-13)10-5-6-15-7-10/h1-4,8,10,15H,5-7H2. The highest BCUT2D eigenvalue weighted by atomic mass is 32.1. The molecule has 0 spiro atoms. The summed E-state index contributed by atoms with van der Waals surface area (Å²) < 4.78 is 12.8. The Bertz CT molecular complexity index is 500. The normalized spacial score (nSPS) is 19.7. The van der Waals surface area contributed by atoms with Gasteiger partial charge in [-0.2, -0.15) is 0 Å². The molecule has 1 aromatic carbocycles. The summed E-state index contributed by atoms with van der Waals surface area (Å²) in [5.41, 5.74) is 2.16. The average molecular weight is 248 g/mol. The summed E-state index contributed by atoms with van der Waals surface area (Å²) in [6, 6.07) is 6.52. The fourth-order valence-electron chi connectivity index (χ4n) is 2.11. The number of rotatable bonds is 2. The molecule has 2 aromatic rings. The van der Waals surface area contributed by atoms with Crippen molar-refractivity contribution in [2.24, 2.45) is 0 Å². The molecule has 1 atom stereocenters. The van der Waals surface area contributed by atoms with E-state index in [1.54, 1.807) is 23.5 Å². The van der Waals surface area contributed by atoms with E-state index in [1.807, 2.05) is 0 Å². The highest BCUT2D eigenvalue weighted by Gasteiger charge is 2.19. The summed E-state index contributed by atoms with van der Waals surface area (Å²) in [7, 11) is 0. The van der Waals surface area contributed by atoms with Crippen LogP contribution in [0.1, 0.15) is 18.0 Å². The van der Waals surface area contributed by atoms with Gasteiger partial charge in [0, 0.05) is 23.4 Å². The monoisotopic (exact) mass is 248 g/mol. The molecule has 1 saturated heterocycles. The van der Waals surface area contributed by atoms with E-state index in [1.165, 1.54) is 17.8 Å². The molecular formula is C13H13FN2S. The van der Waals surface area contributed by atoms with Crippen molar-refractivity contribution >= 4 is 11.3 Å². The molecule has 1 fully saturated rings. The van der Waals surface area contributed by atoms with Crippen LogP contribution in [-0.4, -0.2) is 18.1 Å². The molecule has 2 nitrogen and oxygen atoms in total. The molecule has 1 aliphatic rings. The van der Waals surface area contributed by atoms with E-state index in [0.717, 1.165) is 30.1 Å². The Kier molecular flexibility index (Phi) is 2.91. The first-order valence-corrected chi connectivity index (χ1v) is 6.63. The number of hydrogen-bond donors (Lipinski definition) is 1. The Morgan fingerprint density at radius 1 is 1.29 bits per heavy atom. The second kappa shape index (κ2) is 4.55. The van der Waals surface area contributed by atoms with E-state index in [0.29, 0.717) is 5.92 Å². The molecule has 0 bridgehead atoms. The third-order valence-electron chi connectivity index (χ3n) is 3.09. The molecule has 1 N–H and O–H groups in total. The topological polar surface area (TPSA) is 24.9 Å². The van der Waals surface area contributed by atoms with Gasteiger partial charge in [-0.05, 0) is 37.2 Å². The number of benzene rings is 1. The van der Waals surface area contributed by atoms with Gasteiger partial charge in [-0.1, -0.05) is 0 Å². The van der Waals surface area contributed by atoms with Crippen molar-refractivity contribution in [2.75, 3.05) is 13.1 Å². The average Bonchev–Trinajstić information content (AvgIpc) is 3.00. The fourth-order valence-corrected chi connectivity index (χ4v) is 3.01. The van der Waals surface area contributed by atoms with Crippen molar-refractivity contribution in [2.45, 2.75) is 12.3 Å². The molecule has 88 valence electrons. The van der Waals surface area contributed by atoms with E-state index >= 15 is 0 Å². The highest BCUT2D eigenvalue weighted by molar-refractivity contribution is 7.13. The van der Waals surface area contributed by atoms with Crippen molar-refractivity contribution < 1.29 is 4.39 Å². The van der Waals surface area contributed by atoms with Gasteiger partial charge in [0.2, 0.25) is 0 Å². The summed E-state index contributed by atoms with van der Waals surface area (Å²) >= 11 is 1.63. The zero-order valence-corrected chi connectivity index (χ0v) is 10.1.